The average molecular weight is 555 g/mol. The van der Waals surface area contributed by atoms with Gasteiger partial charge in [0.15, 0.2) is 17.0 Å². The van der Waals surface area contributed by atoms with Gasteiger partial charge in [-0.15, -0.1) is 0 Å². The molecule has 0 amide bonds. The fourth-order valence-corrected chi connectivity index (χ4v) is 4.46. The van der Waals surface area contributed by atoms with Crippen molar-refractivity contribution in [1.29, 1.82) is 0 Å². The summed E-state index contributed by atoms with van der Waals surface area (Å²) >= 11 is 0. The van der Waals surface area contributed by atoms with Gasteiger partial charge in [-0.2, -0.15) is 23.3 Å². The maximum atomic E-state index is 15.0. The maximum absolute atomic E-state index is 15.0. The van der Waals surface area contributed by atoms with Crippen LogP contribution in [0, 0.1) is 5.82 Å². The second-order valence-corrected chi connectivity index (χ2v) is 9.47. The molecule has 4 heterocycles. The van der Waals surface area contributed by atoms with Crippen molar-refractivity contribution in [3.8, 4) is 34.5 Å². The average Bonchev–Trinajstić information content (AvgIpc) is 3.58. The molecule has 0 spiro atoms. The number of benzene rings is 1. The number of hydrogen-bond donors (Lipinski definition) is 0. The van der Waals surface area contributed by atoms with Crippen molar-refractivity contribution >= 4 is 11.0 Å². The number of methoxy groups -OCH3 is 1. The maximum Gasteiger partial charge on any atom is 0.434 e. The molecule has 0 atom stereocenters. The molecule has 0 aliphatic heterocycles. The van der Waals surface area contributed by atoms with Gasteiger partial charge in [0.25, 0.3) is 0 Å². The molecule has 4 aromatic heterocycles. The summed E-state index contributed by atoms with van der Waals surface area (Å²) in [5, 5.41) is 4.40. The van der Waals surface area contributed by atoms with Crippen molar-refractivity contribution in [1.82, 2.24) is 39.3 Å². The summed E-state index contributed by atoms with van der Waals surface area (Å²) in [6, 6.07) is 4.11. The van der Waals surface area contributed by atoms with E-state index in [0.29, 0.717) is 33.9 Å². The molecule has 14 heteroatoms. The van der Waals surface area contributed by atoms with E-state index in [9.17, 15) is 13.2 Å². The Morgan fingerprint density at radius 3 is 2.50 bits per heavy atom. The van der Waals surface area contributed by atoms with E-state index in [0.717, 1.165) is 29.3 Å². The smallest absolute Gasteiger partial charge is 0.434 e. The van der Waals surface area contributed by atoms with E-state index < -0.39 is 17.7 Å². The number of hydrogen-bond acceptors (Lipinski definition) is 8. The molecular weight excluding hydrogens is 532 g/mol. The molecule has 5 aromatic rings. The second kappa shape index (κ2) is 9.54. The number of rotatable bonds is 7. The highest BCUT2D eigenvalue weighted by Gasteiger charge is 2.35. The van der Waals surface area contributed by atoms with Crippen molar-refractivity contribution in [2.24, 2.45) is 14.1 Å². The molecule has 0 radical (unpaired) electrons. The zero-order valence-electron chi connectivity index (χ0n) is 21.6. The third-order valence-corrected chi connectivity index (χ3v) is 6.49. The summed E-state index contributed by atoms with van der Waals surface area (Å²) in [6.45, 7) is -0.0917. The van der Waals surface area contributed by atoms with Crippen LogP contribution in [0.15, 0.2) is 36.9 Å². The Kier molecular flexibility index (Phi) is 6.11. The van der Waals surface area contributed by atoms with Crippen LogP contribution in [0.1, 0.15) is 35.7 Å². The molecule has 1 aromatic carbocycles. The Labute approximate surface area is 224 Å². The number of aryl methyl sites for hydroxylation is 2. The van der Waals surface area contributed by atoms with Gasteiger partial charge in [-0.05, 0) is 30.5 Å². The summed E-state index contributed by atoms with van der Waals surface area (Å²) in [6.07, 6.45) is 1.33. The summed E-state index contributed by atoms with van der Waals surface area (Å²) in [5.74, 6) is 0.195. The number of fused-ring (bicyclic) bond motifs is 1. The Morgan fingerprint density at radius 2 is 1.82 bits per heavy atom. The highest BCUT2D eigenvalue weighted by molar-refractivity contribution is 5.82. The van der Waals surface area contributed by atoms with Gasteiger partial charge >= 0.3 is 6.18 Å². The fourth-order valence-electron chi connectivity index (χ4n) is 4.46. The fraction of sp³-hybridized carbons (Fsp3) is 0.308. The Bertz CT molecular complexity index is 1740. The lowest BCUT2D eigenvalue weighted by Crippen LogP contribution is -2.05. The van der Waals surface area contributed by atoms with Crippen LogP contribution in [0.25, 0.3) is 33.8 Å². The number of imidazole rings is 1. The Balaban J connectivity index is 1.33. The first kappa shape index (κ1) is 25.6. The minimum absolute atomic E-state index is 0.0676. The predicted molar refractivity (Wildman–Crippen MR) is 134 cm³/mol. The molecule has 40 heavy (non-hydrogen) atoms. The first-order chi connectivity index (χ1) is 19.1. The van der Waals surface area contributed by atoms with Gasteiger partial charge in [0, 0.05) is 26.2 Å². The zero-order valence-corrected chi connectivity index (χ0v) is 21.6. The summed E-state index contributed by atoms with van der Waals surface area (Å²) < 4.78 is 68.4. The van der Waals surface area contributed by atoms with Crippen molar-refractivity contribution in [2.45, 2.75) is 31.5 Å². The van der Waals surface area contributed by atoms with Crippen LogP contribution in [-0.4, -0.2) is 46.4 Å². The van der Waals surface area contributed by atoms with E-state index in [1.807, 2.05) is 0 Å². The SMILES string of the molecule is COc1ncnc(C2CC2)c1-c1nc(OCc2ccc(-c3nc(C(F)(F)F)cn3C)c(F)c2)c2nn(C)cc2n1. The lowest BCUT2D eigenvalue weighted by Gasteiger charge is -2.12. The monoisotopic (exact) mass is 554 g/mol. The molecule has 0 N–H and O–H groups in total. The first-order valence-electron chi connectivity index (χ1n) is 12.2. The zero-order chi connectivity index (χ0) is 28.2. The molecule has 0 saturated heterocycles. The molecule has 206 valence electrons. The van der Waals surface area contributed by atoms with Crippen LogP contribution < -0.4 is 9.47 Å². The third-order valence-electron chi connectivity index (χ3n) is 6.49. The van der Waals surface area contributed by atoms with Gasteiger partial charge in [-0.25, -0.2) is 24.3 Å². The quantitative estimate of drug-likeness (QED) is 0.263. The Hall–Kier alpha value is -4.62. The van der Waals surface area contributed by atoms with E-state index in [-0.39, 0.29) is 29.8 Å². The van der Waals surface area contributed by atoms with E-state index in [1.165, 1.54) is 32.6 Å². The minimum atomic E-state index is -4.64. The molecule has 0 bridgehead atoms. The Morgan fingerprint density at radius 1 is 1.02 bits per heavy atom. The number of halogens is 4. The van der Waals surface area contributed by atoms with Gasteiger partial charge < -0.3 is 14.0 Å². The molecule has 1 fully saturated rings. The lowest BCUT2D eigenvalue weighted by molar-refractivity contribution is -0.140. The van der Waals surface area contributed by atoms with Crippen LogP contribution in [0.3, 0.4) is 0 Å². The van der Waals surface area contributed by atoms with Gasteiger partial charge in [0.05, 0.1) is 24.6 Å². The second-order valence-electron chi connectivity index (χ2n) is 9.47. The summed E-state index contributed by atoms with van der Waals surface area (Å²) in [4.78, 5) is 21.5. The van der Waals surface area contributed by atoms with E-state index in [2.05, 4.69) is 30.0 Å². The number of nitrogens with zero attached hydrogens (tertiary/aromatic N) is 8. The highest BCUT2D eigenvalue weighted by atomic mass is 19.4. The molecule has 1 aliphatic carbocycles. The predicted octanol–water partition coefficient (Wildman–Crippen LogP) is 4.84. The van der Waals surface area contributed by atoms with E-state index >= 15 is 4.39 Å². The summed E-state index contributed by atoms with van der Waals surface area (Å²) in [5.41, 5.74) is 1.55. The van der Waals surface area contributed by atoms with E-state index in [1.54, 1.807) is 24.0 Å². The van der Waals surface area contributed by atoms with Crippen LogP contribution in [-0.2, 0) is 26.9 Å². The van der Waals surface area contributed by atoms with Crippen LogP contribution in [0.2, 0.25) is 0 Å². The normalized spacial score (nSPS) is 13.7. The van der Waals surface area contributed by atoms with Crippen molar-refractivity contribution in [3.05, 3.63) is 59.7 Å². The van der Waals surface area contributed by atoms with Crippen LogP contribution in [0.5, 0.6) is 11.8 Å². The standard InChI is InChI=1S/C26H22F4N8O2/c1-37-10-18(26(28,29)30)34-23(37)15-7-4-13(8-16(15)27)11-40-25-21-17(9-38(2)36-21)33-22(35-25)19-20(14-5-6-14)31-12-32-24(19)39-3/h4,7-10,12,14H,5-6,11H2,1-3H3. The largest absolute Gasteiger partial charge is 0.480 e. The molecule has 10 nitrogen and oxygen atoms in total. The van der Waals surface area contributed by atoms with Crippen molar-refractivity contribution < 1.29 is 27.0 Å². The van der Waals surface area contributed by atoms with Crippen LogP contribution >= 0.6 is 0 Å². The van der Waals surface area contributed by atoms with Crippen LogP contribution in [0.4, 0.5) is 17.6 Å². The van der Waals surface area contributed by atoms with Crippen molar-refractivity contribution in [3.63, 3.8) is 0 Å². The number of alkyl halides is 3. The first-order valence-corrected chi connectivity index (χ1v) is 12.2. The molecule has 0 unspecified atom stereocenters. The van der Waals surface area contributed by atoms with Gasteiger partial charge in [-0.1, -0.05) is 6.07 Å². The van der Waals surface area contributed by atoms with Gasteiger partial charge in [0.1, 0.15) is 35.7 Å². The van der Waals surface area contributed by atoms with Crippen molar-refractivity contribution in [2.75, 3.05) is 7.11 Å². The molecular formula is C26H22F4N8O2. The molecule has 1 saturated carbocycles. The molecule has 6 rings (SSSR count). The topological polar surface area (TPSA) is 106 Å². The minimum Gasteiger partial charge on any atom is -0.480 e. The number of aromatic nitrogens is 8. The highest BCUT2D eigenvalue weighted by Crippen LogP contribution is 2.45. The van der Waals surface area contributed by atoms with E-state index in [4.69, 9.17) is 9.47 Å². The third kappa shape index (κ3) is 4.69. The van der Waals surface area contributed by atoms with Gasteiger partial charge in [-0.3, -0.25) is 4.68 Å². The molecule has 1 aliphatic rings. The lowest BCUT2D eigenvalue weighted by atomic mass is 10.1. The van der Waals surface area contributed by atoms with Gasteiger partial charge in [0.2, 0.25) is 11.8 Å². The number of ether oxygens (including phenoxy) is 2. The summed E-state index contributed by atoms with van der Waals surface area (Å²) in [7, 11) is 4.62.